The summed E-state index contributed by atoms with van der Waals surface area (Å²) in [5.41, 5.74) is 3.75. The summed E-state index contributed by atoms with van der Waals surface area (Å²) in [5, 5.41) is 14.7. The number of halogens is 2. The molecule has 5 aromatic rings. The van der Waals surface area contributed by atoms with E-state index in [1.165, 1.54) is 6.07 Å². The zero-order chi connectivity index (χ0) is 26.2. The highest BCUT2D eigenvalue weighted by molar-refractivity contribution is 6.34. The van der Waals surface area contributed by atoms with Crippen LogP contribution in [0, 0.1) is 5.82 Å². The summed E-state index contributed by atoms with van der Waals surface area (Å²) in [7, 11) is 0. The lowest BCUT2D eigenvalue weighted by Crippen LogP contribution is -2.19. The van der Waals surface area contributed by atoms with E-state index in [1.54, 1.807) is 63.2 Å². The number of hydrogen-bond donors (Lipinski definition) is 2. The minimum Gasteiger partial charge on any atom is -0.382 e. The fourth-order valence-corrected chi connectivity index (χ4v) is 4.27. The Morgan fingerprint density at radius 3 is 2.35 bits per heavy atom. The van der Waals surface area contributed by atoms with Crippen molar-refractivity contribution in [3.05, 3.63) is 95.8 Å². The molecule has 0 saturated heterocycles. The number of aromatic nitrogens is 5. The molecule has 3 aromatic heterocycles. The number of hydrogen-bond acceptors (Lipinski definition) is 7. The molecule has 0 saturated carbocycles. The molecule has 0 aliphatic rings. The van der Waals surface area contributed by atoms with E-state index in [0.29, 0.717) is 27.8 Å². The smallest absolute Gasteiger partial charge is 0.159 e. The summed E-state index contributed by atoms with van der Waals surface area (Å²) in [6.07, 6.45) is 9.75. The molecule has 3 heterocycles. The van der Waals surface area contributed by atoms with Gasteiger partial charge in [-0.15, -0.1) is 0 Å². The Morgan fingerprint density at radius 2 is 1.65 bits per heavy atom. The van der Waals surface area contributed by atoms with Crippen LogP contribution in [0.1, 0.15) is 38.2 Å². The molecule has 0 aliphatic carbocycles. The van der Waals surface area contributed by atoms with Crippen LogP contribution in [0.15, 0.2) is 73.6 Å². The number of rotatable bonds is 6. The van der Waals surface area contributed by atoms with E-state index >= 15 is 0 Å². The van der Waals surface area contributed by atoms with Crippen LogP contribution in [-0.2, 0) is 5.60 Å². The number of benzene rings is 2. The first-order valence-corrected chi connectivity index (χ1v) is 12.0. The molecule has 2 aromatic carbocycles. The molecule has 0 aliphatic heterocycles. The van der Waals surface area contributed by atoms with Crippen molar-refractivity contribution in [1.82, 2.24) is 24.9 Å². The first kappa shape index (κ1) is 24.7. The molecule has 2 N–H and O–H groups in total. The number of nitrogens with one attached hydrogen (secondary N) is 1. The van der Waals surface area contributed by atoms with Gasteiger partial charge in [-0.1, -0.05) is 17.7 Å². The minimum absolute atomic E-state index is 0.337. The number of fused-ring (bicyclic) bond motifs is 1. The Bertz CT molecular complexity index is 1570. The van der Waals surface area contributed by atoms with Crippen LogP contribution in [0.3, 0.4) is 0 Å². The van der Waals surface area contributed by atoms with Crippen molar-refractivity contribution < 1.29 is 9.50 Å². The highest BCUT2D eigenvalue weighted by Gasteiger charge is 2.20. The quantitative estimate of drug-likeness (QED) is 0.273. The van der Waals surface area contributed by atoms with Gasteiger partial charge in [-0.25, -0.2) is 14.4 Å². The van der Waals surface area contributed by atoms with Crippen molar-refractivity contribution in [1.29, 1.82) is 0 Å². The molecule has 1 atom stereocenters. The number of pyridine rings is 1. The summed E-state index contributed by atoms with van der Waals surface area (Å²) in [4.78, 5) is 21.5. The van der Waals surface area contributed by atoms with E-state index in [9.17, 15) is 9.50 Å². The van der Waals surface area contributed by atoms with E-state index < -0.39 is 11.6 Å². The third-order valence-corrected chi connectivity index (χ3v) is 6.32. The zero-order valence-corrected chi connectivity index (χ0v) is 21.2. The maximum Gasteiger partial charge on any atom is 0.159 e. The first-order chi connectivity index (χ1) is 17.7. The monoisotopic (exact) mass is 514 g/mol. The maximum atomic E-state index is 14.9. The van der Waals surface area contributed by atoms with Crippen LogP contribution in [0.4, 0.5) is 10.1 Å². The van der Waals surface area contributed by atoms with Crippen LogP contribution >= 0.6 is 11.6 Å². The van der Waals surface area contributed by atoms with Crippen LogP contribution < -0.4 is 5.32 Å². The number of anilines is 1. The Labute approximate surface area is 218 Å². The Balaban J connectivity index is 1.51. The van der Waals surface area contributed by atoms with Gasteiger partial charge in [0.1, 0.15) is 11.4 Å². The van der Waals surface area contributed by atoms with Gasteiger partial charge in [0.05, 0.1) is 34.2 Å². The Hall–Kier alpha value is -4.01. The second-order valence-corrected chi connectivity index (χ2v) is 9.67. The average molecular weight is 515 g/mol. The lowest BCUT2D eigenvalue weighted by molar-refractivity contribution is 0.0687. The average Bonchev–Trinajstić information content (AvgIpc) is 2.90. The Morgan fingerprint density at radius 1 is 0.892 bits per heavy atom. The van der Waals surface area contributed by atoms with E-state index in [0.717, 1.165) is 27.6 Å². The van der Waals surface area contributed by atoms with Crippen molar-refractivity contribution in [3.8, 4) is 22.4 Å². The lowest BCUT2D eigenvalue weighted by Gasteiger charge is -2.20. The molecule has 0 unspecified atom stereocenters. The van der Waals surface area contributed by atoms with Gasteiger partial charge in [-0.05, 0) is 56.7 Å². The number of aliphatic hydroxyl groups is 1. The molecular weight excluding hydrogens is 491 g/mol. The van der Waals surface area contributed by atoms with Gasteiger partial charge < -0.3 is 10.4 Å². The highest BCUT2D eigenvalue weighted by atomic mass is 35.5. The molecule has 7 nitrogen and oxygen atoms in total. The second-order valence-electron chi connectivity index (χ2n) is 9.26. The van der Waals surface area contributed by atoms with E-state index in [-0.39, 0.29) is 5.82 Å². The first-order valence-electron chi connectivity index (χ1n) is 11.7. The van der Waals surface area contributed by atoms with E-state index in [4.69, 9.17) is 11.6 Å². The SMILES string of the molecule is C[C@@H](Nc1c(Cl)cnc2ccc(-c3cnc(C(C)(C)O)nc3)cc12)c1cc(-c2cnccn2)ccc1F. The number of nitrogens with zero attached hydrogens (tertiary/aromatic N) is 5. The molecule has 0 fully saturated rings. The van der Waals surface area contributed by atoms with Gasteiger partial charge in [0.15, 0.2) is 5.82 Å². The molecule has 37 heavy (non-hydrogen) atoms. The van der Waals surface area contributed by atoms with Gasteiger partial charge >= 0.3 is 0 Å². The fourth-order valence-electron chi connectivity index (χ4n) is 4.06. The van der Waals surface area contributed by atoms with Gasteiger partial charge in [0.25, 0.3) is 0 Å². The Kier molecular flexibility index (Phi) is 6.54. The van der Waals surface area contributed by atoms with Crippen molar-refractivity contribution in [2.75, 3.05) is 5.32 Å². The molecule has 9 heteroatoms. The highest BCUT2D eigenvalue weighted by Crippen LogP contribution is 2.36. The van der Waals surface area contributed by atoms with Crippen molar-refractivity contribution in [2.24, 2.45) is 0 Å². The third kappa shape index (κ3) is 5.12. The molecule has 0 amide bonds. The third-order valence-electron chi connectivity index (χ3n) is 6.04. The van der Waals surface area contributed by atoms with E-state index in [2.05, 4.69) is 30.2 Å². The van der Waals surface area contributed by atoms with Crippen LogP contribution in [0.5, 0.6) is 0 Å². The van der Waals surface area contributed by atoms with Gasteiger partial charge in [-0.2, -0.15) is 0 Å². The normalized spacial score (nSPS) is 12.5. The van der Waals surface area contributed by atoms with Gasteiger partial charge in [-0.3, -0.25) is 15.0 Å². The predicted octanol–water partition coefficient (Wildman–Crippen LogP) is 6.34. The molecule has 186 valence electrons. The van der Waals surface area contributed by atoms with Gasteiger partial charge in [0.2, 0.25) is 0 Å². The summed E-state index contributed by atoms with van der Waals surface area (Å²) in [5.74, 6) is -0.00414. The summed E-state index contributed by atoms with van der Waals surface area (Å²) < 4.78 is 14.9. The second kappa shape index (κ2) is 9.80. The molecule has 5 rings (SSSR count). The largest absolute Gasteiger partial charge is 0.382 e. The topological polar surface area (TPSA) is 96.7 Å². The van der Waals surface area contributed by atoms with E-state index in [1.807, 2.05) is 25.1 Å². The summed E-state index contributed by atoms with van der Waals surface area (Å²) in [6.45, 7) is 5.14. The fraction of sp³-hybridized carbons (Fsp3) is 0.179. The standard InChI is InChI=1S/C28H24ClFN6O/c1-16(20-11-18(4-6-23(20)30)25-15-31-8-9-32-25)36-26-21-10-17(5-7-24(21)33-14-22(26)29)19-12-34-27(35-13-19)28(2,3)37/h4-16,37H,1-3H3,(H,33,36)/t16-/m1/s1. The molecule has 0 radical (unpaired) electrons. The minimum atomic E-state index is -1.13. The molecular formula is C28H24ClFN6O. The lowest BCUT2D eigenvalue weighted by atomic mass is 10.0. The predicted molar refractivity (Wildman–Crippen MR) is 142 cm³/mol. The van der Waals surface area contributed by atoms with Gasteiger partial charge in [0, 0.05) is 53.1 Å². The molecule has 0 bridgehead atoms. The maximum absolute atomic E-state index is 14.9. The molecule has 0 spiro atoms. The summed E-state index contributed by atoms with van der Waals surface area (Å²) in [6, 6.07) is 10.2. The van der Waals surface area contributed by atoms with Crippen LogP contribution in [-0.4, -0.2) is 30.0 Å². The van der Waals surface area contributed by atoms with Crippen LogP contribution in [0.2, 0.25) is 5.02 Å². The van der Waals surface area contributed by atoms with Crippen molar-refractivity contribution >= 4 is 28.2 Å². The summed E-state index contributed by atoms with van der Waals surface area (Å²) >= 11 is 6.58. The van der Waals surface area contributed by atoms with Crippen LogP contribution in [0.25, 0.3) is 33.3 Å². The van der Waals surface area contributed by atoms with Crippen molar-refractivity contribution in [3.63, 3.8) is 0 Å². The van der Waals surface area contributed by atoms with Crippen molar-refractivity contribution in [2.45, 2.75) is 32.4 Å². The zero-order valence-electron chi connectivity index (χ0n) is 20.4.